The highest BCUT2D eigenvalue weighted by molar-refractivity contribution is 5.92. The van der Waals surface area contributed by atoms with Crippen molar-refractivity contribution in [1.29, 1.82) is 5.26 Å². The van der Waals surface area contributed by atoms with E-state index in [9.17, 15) is 15.2 Å². The Kier molecular flexibility index (Phi) is 7.34. The molecule has 196 valence electrons. The molecule has 8 nitrogen and oxygen atoms in total. The molecule has 2 aromatic rings. The van der Waals surface area contributed by atoms with Crippen molar-refractivity contribution < 1.29 is 19.4 Å². The molecule has 0 radical (unpaired) electrons. The fourth-order valence-corrected chi connectivity index (χ4v) is 6.10. The fraction of sp³-hybridized carbons (Fsp3) is 0.586. The smallest absolute Gasteiger partial charge is 0.272 e. The van der Waals surface area contributed by atoms with Crippen molar-refractivity contribution in [3.05, 3.63) is 46.6 Å². The van der Waals surface area contributed by atoms with Gasteiger partial charge in [-0.25, -0.2) is 0 Å². The zero-order valence-electron chi connectivity index (χ0n) is 21.7. The Balaban J connectivity index is 1.06. The van der Waals surface area contributed by atoms with Crippen LogP contribution in [-0.4, -0.2) is 45.6 Å². The van der Waals surface area contributed by atoms with Gasteiger partial charge in [-0.3, -0.25) is 4.79 Å². The SMILES string of the molecule is Cc1c(C#N)ccc(OC2CCC(NC(=O)c3ccc(OC4CC5(CCC(O)CC5)C4)nn3)CC2)c1C. The maximum Gasteiger partial charge on any atom is 0.272 e. The van der Waals surface area contributed by atoms with Crippen LogP contribution in [0.15, 0.2) is 24.3 Å². The quantitative estimate of drug-likeness (QED) is 0.593. The van der Waals surface area contributed by atoms with Crippen molar-refractivity contribution in [3.8, 4) is 17.7 Å². The Bertz CT molecular complexity index is 1150. The molecule has 1 spiro atoms. The lowest BCUT2D eigenvalue weighted by Crippen LogP contribution is -2.46. The summed E-state index contributed by atoms with van der Waals surface area (Å²) >= 11 is 0. The molecular formula is C29H36N4O4. The molecule has 8 heteroatoms. The zero-order chi connectivity index (χ0) is 26.0. The molecule has 1 amide bonds. The molecule has 1 aromatic carbocycles. The molecule has 0 unspecified atom stereocenters. The van der Waals surface area contributed by atoms with Crippen molar-refractivity contribution >= 4 is 5.91 Å². The van der Waals surface area contributed by atoms with Gasteiger partial charge in [0.15, 0.2) is 5.69 Å². The Morgan fingerprint density at radius 3 is 2.35 bits per heavy atom. The number of carbonyl (C=O) groups is 1. The van der Waals surface area contributed by atoms with Crippen LogP contribution in [0.1, 0.15) is 91.4 Å². The Hall–Kier alpha value is -3.18. The molecule has 37 heavy (non-hydrogen) atoms. The zero-order valence-corrected chi connectivity index (χ0v) is 21.7. The largest absolute Gasteiger partial charge is 0.490 e. The van der Waals surface area contributed by atoms with E-state index in [1.54, 1.807) is 12.1 Å². The summed E-state index contributed by atoms with van der Waals surface area (Å²) in [5.41, 5.74) is 3.27. The first-order valence-corrected chi connectivity index (χ1v) is 13.5. The second-order valence-corrected chi connectivity index (χ2v) is 11.2. The molecule has 3 aliphatic rings. The molecule has 0 atom stereocenters. The summed E-state index contributed by atoms with van der Waals surface area (Å²) in [6, 6.07) is 9.38. The summed E-state index contributed by atoms with van der Waals surface area (Å²) in [4.78, 5) is 12.7. The maximum atomic E-state index is 12.7. The van der Waals surface area contributed by atoms with Crippen LogP contribution in [0.2, 0.25) is 0 Å². The van der Waals surface area contributed by atoms with E-state index < -0.39 is 0 Å². The highest BCUT2D eigenvalue weighted by atomic mass is 16.5. The Labute approximate surface area is 218 Å². The topological polar surface area (TPSA) is 117 Å². The maximum absolute atomic E-state index is 12.7. The van der Waals surface area contributed by atoms with Gasteiger partial charge in [0.25, 0.3) is 5.91 Å². The number of aliphatic hydroxyl groups excluding tert-OH is 1. The van der Waals surface area contributed by atoms with Crippen LogP contribution in [0.3, 0.4) is 0 Å². The van der Waals surface area contributed by atoms with E-state index in [1.165, 1.54) is 0 Å². The van der Waals surface area contributed by atoms with Crippen molar-refractivity contribution in [2.75, 3.05) is 0 Å². The average Bonchev–Trinajstić information content (AvgIpc) is 2.89. The number of nitrogens with zero attached hydrogens (tertiary/aromatic N) is 3. The van der Waals surface area contributed by atoms with Crippen LogP contribution >= 0.6 is 0 Å². The molecule has 5 rings (SSSR count). The molecule has 1 heterocycles. The minimum atomic E-state index is -0.217. The molecular weight excluding hydrogens is 468 g/mol. The van der Waals surface area contributed by atoms with E-state index in [0.717, 1.165) is 81.1 Å². The van der Waals surface area contributed by atoms with Crippen LogP contribution in [0.5, 0.6) is 11.6 Å². The van der Waals surface area contributed by atoms with Crippen LogP contribution in [0.25, 0.3) is 0 Å². The predicted octanol–water partition coefficient (Wildman–Crippen LogP) is 4.55. The van der Waals surface area contributed by atoms with E-state index >= 15 is 0 Å². The van der Waals surface area contributed by atoms with E-state index in [-0.39, 0.29) is 30.3 Å². The lowest BCUT2D eigenvalue weighted by molar-refractivity contribution is -0.0632. The first-order chi connectivity index (χ1) is 17.8. The van der Waals surface area contributed by atoms with Gasteiger partial charge in [0.2, 0.25) is 5.88 Å². The fourth-order valence-electron chi connectivity index (χ4n) is 6.10. The Morgan fingerprint density at radius 1 is 0.973 bits per heavy atom. The average molecular weight is 505 g/mol. The molecule has 0 bridgehead atoms. The second kappa shape index (κ2) is 10.7. The number of ether oxygens (including phenoxy) is 2. The minimum absolute atomic E-state index is 0.0778. The first-order valence-electron chi connectivity index (χ1n) is 13.5. The lowest BCUT2D eigenvalue weighted by atomic mass is 9.59. The van der Waals surface area contributed by atoms with Crippen LogP contribution in [0, 0.1) is 30.6 Å². The highest BCUT2D eigenvalue weighted by Crippen LogP contribution is 2.52. The number of aromatic nitrogens is 2. The molecule has 0 aliphatic heterocycles. The first kappa shape index (κ1) is 25.5. The summed E-state index contributed by atoms with van der Waals surface area (Å²) in [5.74, 6) is 1.07. The van der Waals surface area contributed by atoms with Gasteiger partial charge in [-0.1, -0.05) is 0 Å². The monoisotopic (exact) mass is 504 g/mol. The van der Waals surface area contributed by atoms with Crippen molar-refractivity contribution in [2.24, 2.45) is 5.41 Å². The predicted molar refractivity (Wildman–Crippen MR) is 137 cm³/mol. The molecule has 2 N–H and O–H groups in total. The number of carbonyl (C=O) groups excluding carboxylic acids is 1. The lowest BCUT2D eigenvalue weighted by Gasteiger charge is -2.50. The van der Waals surface area contributed by atoms with Crippen molar-refractivity contribution in [1.82, 2.24) is 15.5 Å². The summed E-state index contributed by atoms with van der Waals surface area (Å²) in [6.45, 7) is 3.93. The number of hydrogen-bond acceptors (Lipinski definition) is 7. The normalized spacial score (nSPS) is 29.1. The standard InChI is InChI=1S/C29H36N4O4/c1-18-19(2)26(9-3-20(18)17-30)36-23-6-4-21(5-7-23)31-28(35)25-8-10-27(33-32-25)37-24-15-29(16-24)13-11-22(34)12-14-29/h3,8-10,21-24,34H,4-7,11-16H2,1-2H3,(H,31,35). The van der Waals surface area contributed by atoms with Crippen LogP contribution < -0.4 is 14.8 Å². The van der Waals surface area contributed by atoms with E-state index in [2.05, 4.69) is 21.6 Å². The number of amides is 1. The minimum Gasteiger partial charge on any atom is -0.490 e. The third kappa shape index (κ3) is 5.72. The summed E-state index contributed by atoms with van der Waals surface area (Å²) < 4.78 is 12.2. The van der Waals surface area contributed by atoms with Crippen molar-refractivity contribution in [3.63, 3.8) is 0 Å². The van der Waals surface area contributed by atoms with Gasteiger partial charge in [-0.2, -0.15) is 5.26 Å². The van der Waals surface area contributed by atoms with Gasteiger partial charge >= 0.3 is 0 Å². The molecule has 3 fully saturated rings. The van der Waals surface area contributed by atoms with Gasteiger partial charge in [0.1, 0.15) is 11.9 Å². The molecule has 0 saturated heterocycles. The number of nitriles is 1. The number of hydrogen-bond donors (Lipinski definition) is 2. The molecule has 3 aliphatic carbocycles. The highest BCUT2D eigenvalue weighted by Gasteiger charge is 2.47. The number of nitrogens with one attached hydrogen (secondary N) is 1. The summed E-state index contributed by atoms with van der Waals surface area (Å²) in [6.07, 6.45) is 9.39. The molecule has 1 aromatic heterocycles. The van der Waals surface area contributed by atoms with Gasteiger partial charge in [0.05, 0.1) is 23.8 Å². The number of rotatable bonds is 6. The van der Waals surface area contributed by atoms with Gasteiger partial charge in [-0.15, -0.1) is 10.2 Å². The number of aliphatic hydroxyl groups is 1. The van der Waals surface area contributed by atoms with E-state index in [1.807, 2.05) is 26.0 Å². The summed E-state index contributed by atoms with van der Waals surface area (Å²) in [5, 5.41) is 30.3. The third-order valence-electron chi connectivity index (χ3n) is 8.66. The third-order valence-corrected chi connectivity index (χ3v) is 8.66. The van der Waals surface area contributed by atoms with Crippen LogP contribution in [-0.2, 0) is 0 Å². The van der Waals surface area contributed by atoms with Crippen LogP contribution in [0.4, 0.5) is 0 Å². The second-order valence-electron chi connectivity index (χ2n) is 11.2. The molecule has 3 saturated carbocycles. The van der Waals surface area contributed by atoms with Crippen molar-refractivity contribution in [2.45, 2.75) is 102 Å². The van der Waals surface area contributed by atoms with Gasteiger partial charge in [0, 0.05) is 12.1 Å². The number of benzene rings is 1. The summed E-state index contributed by atoms with van der Waals surface area (Å²) in [7, 11) is 0. The Morgan fingerprint density at radius 2 is 1.70 bits per heavy atom. The van der Waals surface area contributed by atoms with Gasteiger partial charge < -0.3 is 19.9 Å². The van der Waals surface area contributed by atoms with Gasteiger partial charge in [-0.05, 0) is 113 Å². The van der Waals surface area contributed by atoms with E-state index in [0.29, 0.717) is 22.6 Å². The van der Waals surface area contributed by atoms with E-state index in [4.69, 9.17) is 9.47 Å².